The van der Waals surface area contributed by atoms with E-state index in [1.807, 2.05) is 24.3 Å². The number of amidine groups is 1. The summed E-state index contributed by atoms with van der Waals surface area (Å²) < 4.78 is 18.8. The minimum atomic E-state index is -0.819. The summed E-state index contributed by atoms with van der Waals surface area (Å²) in [7, 11) is 1.65. The molecule has 1 aliphatic rings. The SMILES string of the molecule is COc1ccccc1CN1CCC(CC#N)(N/C=C(\C(=N)Nc2ccnc(F)c2)C(N)=O)CC1. The third kappa shape index (κ3) is 6.30. The van der Waals surface area contributed by atoms with E-state index < -0.39 is 17.4 Å². The topological polar surface area (TPSA) is 140 Å². The van der Waals surface area contributed by atoms with E-state index in [4.69, 9.17) is 15.9 Å². The number of halogens is 1. The Labute approximate surface area is 197 Å². The maximum atomic E-state index is 13.3. The van der Waals surface area contributed by atoms with Crippen molar-refractivity contribution in [3.8, 4) is 11.8 Å². The van der Waals surface area contributed by atoms with E-state index >= 15 is 0 Å². The average molecular weight is 466 g/mol. The standard InChI is InChI=1S/C24H28FN7O2/c1-34-20-5-3-2-4-17(20)16-32-12-8-24(7-10-26,9-13-32)30-15-19(23(28)33)22(27)31-18-6-11-29-21(25)14-18/h2-6,11,14-15,30H,7-9,12-13,16H2,1H3,(H2,28,33)(H2,27,29,31)/b19-15+. The first-order valence-corrected chi connectivity index (χ1v) is 10.8. The predicted molar refractivity (Wildman–Crippen MR) is 126 cm³/mol. The number of likely N-dealkylation sites (tertiary alicyclic amines) is 1. The van der Waals surface area contributed by atoms with Crippen molar-refractivity contribution in [2.24, 2.45) is 5.73 Å². The number of aromatic nitrogens is 1. The summed E-state index contributed by atoms with van der Waals surface area (Å²) in [5, 5.41) is 23.5. The van der Waals surface area contributed by atoms with Crippen molar-refractivity contribution in [1.29, 1.82) is 10.7 Å². The Morgan fingerprint density at radius 3 is 2.76 bits per heavy atom. The fraction of sp³-hybridized carbons (Fsp3) is 0.333. The highest BCUT2D eigenvalue weighted by atomic mass is 19.1. The number of ether oxygens (including phenoxy) is 1. The Kier molecular flexibility index (Phi) is 8.16. The van der Waals surface area contributed by atoms with Gasteiger partial charge in [0.05, 0.1) is 30.7 Å². The van der Waals surface area contributed by atoms with Gasteiger partial charge in [0.1, 0.15) is 11.6 Å². The van der Waals surface area contributed by atoms with Crippen LogP contribution in [0.1, 0.15) is 24.8 Å². The number of nitrogens with two attached hydrogens (primary N) is 1. The number of anilines is 1. The molecule has 1 saturated heterocycles. The lowest BCUT2D eigenvalue weighted by atomic mass is 9.84. The van der Waals surface area contributed by atoms with Gasteiger partial charge >= 0.3 is 0 Å². The van der Waals surface area contributed by atoms with Gasteiger partial charge in [-0.05, 0) is 25.0 Å². The van der Waals surface area contributed by atoms with Crippen LogP contribution in [0, 0.1) is 22.7 Å². The number of hydrogen-bond donors (Lipinski definition) is 4. The van der Waals surface area contributed by atoms with Crippen molar-refractivity contribution < 1.29 is 13.9 Å². The number of benzene rings is 1. The van der Waals surface area contributed by atoms with Gasteiger partial charge in [-0.15, -0.1) is 0 Å². The number of carbonyl (C=O) groups excluding carboxylic acids is 1. The van der Waals surface area contributed by atoms with Crippen LogP contribution in [0.3, 0.4) is 0 Å². The van der Waals surface area contributed by atoms with Gasteiger partial charge in [-0.3, -0.25) is 15.1 Å². The number of hydrogen-bond acceptors (Lipinski definition) is 7. The van der Waals surface area contributed by atoms with Gasteiger partial charge in [0.2, 0.25) is 5.95 Å². The largest absolute Gasteiger partial charge is 0.496 e. The zero-order valence-corrected chi connectivity index (χ0v) is 19.0. The molecule has 178 valence electrons. The van der Waals surface area contributed by atoms with Gasteiger partial charge < -0.3 is 21.1 Å². The molecule has 1 aliphatic heterocycles. The van der Waals surface area contributed by atoms with Crippen molar-refractivity contribution in [2.75, 3.05) is 25.5 Å². The number of pyridine rings is 1. The van der Waals surface area contributed by atoms with E-state index in [9.17, 15) is 14.4 Å². The summed E-state index contributed by atoms with van der Waals surface area (Å²) in [4.78, 5) is 17.8. The molecule has 2 heterocycles. The quantitative estimate of drug-likeness (QED) is 0.193. The van der Waals surface area contributed by atoms with Crippen molar-refractivity contribution in [1.82, 2.24) is 15.2 Å². The molecule has 2 aromatic rings. The Morgan fingerprint density at radius 1 is 1.38 bits per heavy atom. The molecule has 1 aromatic heterocycles. The second kappa shape index (κ2) is 11.2. The number of primary amides is 1. The second-order valence-corrected chi connectivity index (χ2v) is 8.14. The molecule has 34 heavy (non-hydrogen) atoms. The lowest BCUT2D eigenvalue weighted by Crippen LogP contribution is -2.51. The summed E-state index contributed by atoms with van der Waals surface area (Å²) in [5.41, 5.74) is 6.18. The number of amides is 1. The van der Waals surface area contributed by atoms with Crippen LogP contribution in [0.2, 0.25) is 0 Å². The van der Waals surface area contributed by atoms with Gasteiger partial charge in [0, 0.05) is 49.3 Å². The number of rotatable bonds is 9. The van der Waals surface area contributed by atoms with E-state index in [2.05, 4.69) is 26.6 Å². The molecule has 3 rings (SSSR count). The van der Waals surface area contributed by atoms with E-state index in [-0.39, 0.29) is 23.5 Å². The molecule has 0 bridgehead atoms. The first kappa shape index (κ1) is 24.7. The zero-order chi connectivity index (χ0) is 24.6. The summed E-state index contributed by atoms with van der Waals surface area (Å²) in [6.07, 6.45) is 4.18. The molecule has 10 heteroatoms. The van der Waals surface area contributed by atoms with Crippen LogP contribution in [-0.2, 0) is 11.3 Å². The molecule has 0 unspecified atom stereocenters. The molecule has 0 saturated carbocycles. The third-order valence-electron chi connectivity index (χ3n) is 5.87. The number of carbonyl (C=O) groups is 1. The van der Waals surface area contributed by atoms with Crippen LogP contribution in [0.25, 0.3) is 0 Å². The smallest absolute Gasteiger partial charge is 0.253 e. The molecule has 1 amide bonds. The van der Waals surface area contributed by atoms with E-state index in [0.29, 0.717) is 12.8 Å². The number of para-hydroxylation sites is 1. The normalized spacial score (nSPS) is 15.7. The van der Waals surface area contributed by atoms with Crippen LogP contribution in [0.15, 0.2) is 54.4 Å². The Balaban J connectivity index is 1.68. The van der Waals surface area contributed by atoms with Crippen LogP contribution < -0.4 is 21.1 Å². The van der Waals surface area contributed by atoms with Crippen molar-refractivity contribution in [3.63, 3.8) is 0 Å². The maximum absolute atomic E-state index is 13.3. The monoisotopic (exact) mass is 465 g/mol. The summed E-state index contributed by atoms with van der Waals surface area (Å²) >= 11 is 0. The van der Waals surface area contributed by atoms with Crippen LogP contribution in [-0.4, -0.2) is 47.4 Å². The molecule has 1 aromatic carbocycles. The molecule has 0 radical (unpaired) electrons. The van der Waals surface area contributed by atoms with Gasteiger partial charge in [-0.25, -0.2) is 4.98 Å². The van der Waals surface area contributed by atoms with Crippen LogP contribution >= 0.6 is 0 Å². The van der Waals surface area contributed by atoms with Crippen molar-refractivity contribution >= 4 is 17.4 Å². The highest BCUT2D eigenvalue weighted by Gasteiger charge is 2.34. The van der Waals surface area contributed by atoms with E-state index in [1.54, 1.807) is 7.11 Å². The summed E-state index contributed by atoms with van der Waals surface area (Å²) in [6, 6.07) is 12.7. The third-order valence-corrected chi connectivity index (χ3v) is 5.87. The fourth-order valence-corrected chi connectivity index (χ4v) is 3.92. The summed E-state index contributed by atoms with van der Waals surface area (Å²) in [5.74, 6) is -0.983. The molecule has 0 atom stereocenters. The molecular weight excluding hydrogens is 437 g/mol. The van der Waals surface area contributed by atoms with Crippen LogP contribution in [0.4, 0.5) is 10.1 Å². The second-order valence-electron chi connectivity index (χ2n) is 8.14. The summed E-state index contributed by atoms with van der Waals surface area (Å²) in [6.45, 7) is 2.20. The number of nitrogens with zero attached hydrogens (tertiary/aromatic N) is 3. The van der Waals surface area contributed by atoms with E-state index in [0.717, 1.165) is 37.0 Å². The van der Waals surface area contributed by atoms with Gasteiger partial charge in [0.15, 0.2) is 0 Å². The molecule has 5 N–H and O–H groups in total. The average Bonchev–Trinajstić information content (AvgIpc) is 2.81. The molecule has 9 nitrogen and oxygen atoms in total. The Morgan fingerprint density at radius 2 is 2.12 bits per heavy atom. The highest BCUT2D eigenvalue weighted by Crippen LogP contribution is 2.28. The fourth-order valence-electron chi connectivity index (χ4n) is 3.92. The van der Waals surface area contributed by atoms with Gasteiger partial charge in [0.25, 0.3) is 5.91 Å². The zero-order valence-electron chi connectivity index (χ0n) is 19.0. The number of piperidine rings is 1. The lowest BCUT2D eigenvalue weighted by Gasteiger charge is -2.41. The van der Waals surface area contributed by atoms with Crippen LogP contribution in [0.5, 0.6) is 5.75 Å². The first-order valence-electron chi connectivity index (χ1n) is 10.8. The van der Waals surface area contributed by atoms with Crippen molar-refractivity contribution in [3.05, 3.63) is 65.9 Å². The van der Waals surface area contributed by atoms with Gasteiger partial charge in [-0.1, -0.05) is 18.2 Å². The molecule has 0 aliphatic carbocycles. The van der Waals surface area contributed by atoms with Gasteiger partial charge in [-0.2, -0.15) is 9.65 Å². The molecular formula is C24H28FN7O2. The Bertz CT molecular complexity index is 1100. The first-order chi connectivity index (χ1) is 16.4. The maximum Gasteiger partial charge on any atom is 0.253 e. The number of methoxy groups -OCH3 is 1. The van der Waals surface area contributed by atoms with E-state index in [1.165, 1.54) is 18.5 Å². The Hall–Kier alpha value is -3.97. The predicted octanol–water partition coefficient (Wildman–Crippen LogP) is 2.53. The number of nitrogens with one attached hydrogen (secondary N) is 3. The molecule has 0 spiro atoms. The minimum Gasteiger partial charge on any atom is -0.496 e. The van der Waals surface area contributed by atoms with Crippen molar-refractivity contribution in [2.45, 2.75) is 31.3 Å². The highest BCUT2D eigenvalue weighted by molar-refractivity contribution is 6.23. The minimum absolute atomic E-state index is 0.106. The number of nitriles is 1. The molecule has 1 fully saturated rings. The lowest BCUT2D eigenvalue weighted by molar-refractivity contribution is -0.114.